The van der Waals surface area contributed by atoms with Crippen LogP contribution in [0.4, 0.5) is 0 Å². The minimum atomic E-state index is -0.500. The Morgan fingerprint density at radius 2 is 2.08 bits per heavy atom. The number of ether oxygens (including phenoxy) is 1. The van der Waals surface area contributed by atoms with Gasteiger partial charge in [-0.3, -0.25) is 4.79 Å². The number of carbonyl (C=O) groups excluding carboxylic acids is 1. The second-order valence-electron chi connectivity index (χ2n) is 7.39. The normalized spacial score (nSPS) is 13.2. The van der Waals surface area contributed by atoms with Crippen LogP contribution in [0.1, 0.15) is 49.6 Å². The Bertz CT molecular complexity index is 857. The van der Waals surface area contributed by atoms with E-state index in [2.05, 4.69) is 23.2 Å². The fraction of sp³-hybridized carbons (Fsp3) is 0.381. The summed E-state index contributed by atoms with van der Waals surface area (Å²) in [4.78, 5) is 16.5. The van der Waals surface area contributed by atoms with Gasteiger partial charge in [0.2, 0.25) is 0 Å². The number of nitrogens with zero attached hydrogens (tertiary/aromatic N) is 2. The van der Waals surface area contributed by atoms with E-state index in [9.17, 15) is 4.79 Å². The summed E-state index contributed by atoms with van der Waals surface area (Å²) >= 11 is 0. The Morgan fingerprint density at radius 1 is 1.28 bits per heavy atom. The number of carbonyl (C=O) groups is 1. The molecule has 0 saturated carbocycles. The molecular formula is C21H22N2O2. The number of hydrogen-bond donors (Lipinski definition) is 0. The second kappa shape index (κ2) is 6.68. The molecule has 0 fully saturated rings. The topological polar surface area (TPSA) is 63.0 Å². The van der Waals surface area contributed by atoms with Crippen molar-refractivity contribution >= 4 is 5.97 Å². The van der Waals surface area contributed by atoms with Crippen LogP contribution in [0.25, 0.3) is 11.1 Å². The molecule has 4 heteroatoms. The van der Waals surface area contributed by atoms with Crippen LogP contribution in [-0.4, -0.2) is 16.6 Å². The molecule has 1 aromatic heterocycles. The van der Waals surface area contributed by atoms with E-state index >= 15 is 0 Å². The third-order valence-corrected chi connectivity index (χ3v) is 4.33. The van der Waals surface area contributed by atoms with Gasteiger partial charge in [0.25, 0.3) is 0 Å². The van der Waals surface area contributed by atoms with Gasteiger partial charge in [0.15, 0.2) is 0 Å². The van der Waals surface area contributed by atoms with Gasteiger partial charge in [0.05, 0.1) is 6.42 Å². The molecule has 0 saturated heterocycles. The molecule has 1 heterocycles. The van der Waals surface area contributed by atoms with Gasteiger partial charge in [-0.05, 0) is 80.0 Å². The first kappa shape index (κ1) is 17.2. The molecule has 3 rings (SSSR count). The highest BCUT2D eigenvalue weighted by molar-refractivity contribution is 5.80. The van der Waals surface area contributed by atoms with Gasteiger partial charge in [-0.15, -0.1) is 0 Å². The van der Waals surface area contributed by atoms with Crippen LogP contribution in [-0.2, 0) is 28.8 Å². The van der Waals surface area contributed by atoms with Crippen LogP contribution in [0.15, 0.2) is 30.5 Å². The number of pyridine rings is 1. The average molecular weight is 334 g/mol. The predicted octanol–water partition coefficient (Wildman–Crippen LogP) is 3.99. The summed E-state index contributed by atoms with van der Waals surface area (Å²) in [5.74, 6) is -0.219. The molecule has 1 aliphatic carbocycles. The predicted molar refractivity (Wildman–Crippen MR) is 96.0 cm³/mol. The van der Waals surface area contributed by atoms with Crippen molar-refractivity contribution < 1.29 is 9.53 Å². The van der Waals surface area contributed by atoms with E-state index in [4.69, 9.17) is 10.00 Å². The van der Waals surface area contributed by atoms with Crippen LogP contribution in [0.5, 0.6) is 0 Å². The van der Waals surface area contributed by atoms with Crippen molar-refractivity contribution in [1.82, 2.24) is 4.98 Å². The van der Waals surface area contributed by atoms with Gasteiger partial charge in [-0.1, -0.05) is 12.1 Å². The van der Waals surface area contributed by atoms with Crippen molar-refractivity contribution in [3.05, 3.63) is 52.8 Å². The Kier molecular flexibility index (Phi) is 4.59. The lowest BCUT2D eigenvalue weighted by Gasteiger charge is -2.21. The van der Waals surface area contributed by atoms with Gasteiger partial charge in [0, 0.05) is 6.20 Å². The average Bonchev–Trinajstić information content (AvgIpc) is 3.02. The zero-order valence-electron chi connectivity index (χ0n) is 14.9. The number of rotatable bonds is 3. The molecule has 0 unspecified atom stereocenters. The number of aryl methyl sites for hydroxylation is 1. The molecule has 2 aromatic rings. The first-order valence-electron chi connectivity index (χ1n) is 8.59. The molecule has 25 heavy (non-hydrogen) atoms. The van der Waals surface area contributed by atoms with E-state index in [-0.39, 0.29) is 12.4 Å². The lowest BCUT2D eigenvalue weighted by molar-refractivity contribution is -0.153. The number of benzene rings is 1. The van der Waals surface area contributed by atoms with Gasteiger partial charge in [0.1, 0.15) is 17.4 Å². The number of nitriles is 1. The molecule has 0 N–H and O–H groups in total. The molecule has 1 aliphatic rings. The first-order chi connectivity index (χ1) is 11.9. The van der Waals surface area contributed by atoms with E-state index in [1.54, 1.807) is 12.3 Å². The highest BCUT2D eigenvalue weighted by Gasteiger charge is 2.23. The summed E-state index contributed by atoms with van der Waals surface area (Å²) in [7, 11) is 0. The minimum absolute atomic E-state index is 0.219. The van der Waals surface area contributed by atoms with Gasteiger partial charge >= 0.3 is 5.97 Å². The third-order valence-electron chi connectivity index (χ3n) is 4.33. The zero-order chi connectivity index (χ0) is 18.0. The minimum Gasteiger partial charge on any atom is -0.460 e. The standard InChI is InChI=1S/C21H22N2O2/c1-21(2,3)25-20(24)12-19-17-6-4-5-14(17)7-8-18(19)15-9-10-23-16(11-15)13-22/h7-11H,4-6,12H2,1-3H3. The van der Waals surface area contributed by atoms with Crippen molar-refractivity contribution in [3.8, 4) is 17.2 Å². The van der Waals surface area contributed by atoms with E-state index < -0.39 is 5.60 Å². The van der Waals surface area contributed by atoms with Crippen molar-refractivity contribution in [2.45, 2.75) is 52.1 Å². The van der Waals surface area contributed by atoms with E-state index in [1.165, 1.54) is 11.1 Å². The van der Waals surface area contributed by atoms with Crippen LogP contribution < -0.4 is 0 Å². The van der Waals surface area contributed by atoms with Gasteiger partial charge in [-0.25, -0.2) is 4.98 Å². The summed E-state index contributed by atoms with van der Waals surface area (Å²) in [6.45, 7) is 5.63. The van der Waals surface area contributed by atoms with Crippen molar-refractivity contribution in [1.29, 1.82) is 5.26 Å². The Morgan fingerprint density at radius 3 is 2.80 bits per heavy atom. The lowest BCUT2D eigenvalue weighted by Crippen LogP contribution is -2.25. The zero-order valence-corrected chi connectivity index (χ0v) is 14.9. The fourth-order valence-electron chi connectivity index (χ4n) is 3.40. The lowest BCUT2D eigenvalue weighted by atomic mass is 9.91. The Hall–Kier alpha value is -2.67. The molecule has 0 bridgehead atoms. The summed E-state index contributed by atoms with van der Waals surface area (Å²) in [6, 6.07) is 9.93. The maximum absolute atomic E-state index is 12.4. The molecule has 1 aromatic carbocycles. The molecule has 128 valence electrons. The quantitative estimate of drug-likeness (QED) is 0.796. The monoisotopic (exact) mass is 334 g/mol. The SMILES string of the molecule is CC(C)(C)OC(=O)Cc1c(-c2ccnc(C#N)c2)ccc2c1CCC2. The summed E-state index contributed by atoms with van der Waals surface area (Å²) in [5.41, 5.74) is 5.39. The maximum Gasteiger partial charge on any atom is 0.310 e. The number of hydrogen-bond acceptors (Lipinski definition) is 4. The number of esters is 1. The molecule has 0 radical (unpaired) electrons. The highest BCUT2D eigenvalue weighted by Crippen LogP contribution is 2.34. The third kappa shape index (κ3) is 3.88. The summed E-state index contributed by atoms with van der Waals surface area (Å²) < 4.78 is 5.53. The van der Waals surface area contributed by atoms with Crippen LogP contribution in [0, 0.1) is 11.3 Å². The van der Waals surface area contributed by atoms with Gasteiger partial charge < -0.3 is 4.74 Å². The molecule has 4 nitrogen and oxygen atoms in total. The molecular weight excluding hydrogens is 312 g/mol. The van der Waals surface area contributed by atoms with E-state index in [0.29, 0.717) is 5.69 Å². The Labute approximate surface area is 148 Å². The largest absolute Gasteiger partial charge is 0.460 e. The van der Waals surface area contributed by atoms with Crippen LogP contribution >= 0.6 is 0 Å². The van der Waals surface area contributed by atoms with E-state index in [0.717, 1.165) is 36.0 Å². The Balaban J connectivity index is 2.04. The first-order valence-corrected chi connectivity index (χ1v) is 8.59. The molecule has 0 aliphatic heterocycles. The van der Waals surface area contributed by atoms with E-state index in [1.807, 2.05) is 26.8 Å². The van der Waals surface area contributed by atoms with Crippen molar-refractivity contribution in [2.75, 3.05) is 0 Å². The molecule has 0 atom stereocenters. The van der Waals surface area contributed by atoms with Gasteiger partial charge in [-0.2, -0.15) is 5.26 Å². The second-order valence-corrected chi connectivity index (χ2v) is 7.39. The van der Waals surface area contributed by atoms with Crippen molar-refractivity contribution in [3.63, 3.8) is 0 Å². The molecule has 0 amide bonds. The summed E-state index contributed by atoms with van der Waals surface area (Å²) in [5, 5.41) is 9.12. The maximum atomic E-state index is 12.4. The fourth-order valence-corrected chi connectivity index (χ4v) is 3.40. The smallest absolute Gasteiger partial charge is 0.310 e. The highest BCUT2D eigenvalue weighted by atomic mass is 16.6. The number of fused-ring (bicyclic) bond motifs is 1. The van der Waals surface area contributed by atoms with Crippen LogP contribution in [0.2, 0.25) is 0 Å². The number of aromatic nitrogens is 1. The van der Waals surface area contributed by atoms with Crippen LogP contribution in [0.3, 0.4) is 0 Å². The molecule has 0 spiro atoms. The van der Waals surface area contributed by atoms with Crippen molar-refractivity contribution in [2.24, 2.45) is 0 Å². The summed E-state index contributed by atoms with van der Waals surface area (Å²) in [6.07, 6.45) is 5.03.